The zero-order valence-electron chi connectivity index (χ0n) is 15.5. The second-order valence-corrected chi connectivity index (χ2v) is 7.60. The molecule has 136 valence electrons. The molecule has 2 aromatic rings. The first-order chi connectivity index (χ1) is 12.7. The van der Waals surface area contributed by atoms with E-state index >= 15 is 0 Å². The van der Waals surface area contributed by atoms with E-state index in [1.54, 1.807) is 0 Å². The number of hydrogen-bond acceptors (Lipinski definition) is 3. The van der Waals surface area contributed by atoms with E-state index in [2.05, 4.69) is 46.3 Å². The highest BCUT2D eigenvalue weighted by Crippen LogP contribution is 2.35. The van der Waals surface area contributed by atoms with Crippen molar-refractivity contribution in [2.24, 2.45) is 0 Å². The summed E-state index contributed by atoms with van der Waals surface area (Å²) in [4.78, 5) is 21.7. The predicted octanol–water partition coefficient (Wildman–Crippen LogP) is 3.23. The third-order valence-corrected chi connectivity index (χ3v) is 6.04. The van der Waals surface area contributed by atoms with Gasteiger partial charge >= 0.3 is 0 Å². The van der Waals surface area contributed by atoms with Gasteiger partial charge in [-0.05, 0) is 54.5 Å². The number of carbonyl (C=O) groups excluding carboxylic acids is 1. The number of rotatable bonds is 4. The zero-order valence-corrected chi connectivity index (χ0v) is 15.5. The number of aromatic nitrogens is 1. The molecule has 1 aromatic carbocycles. The van der Waals surface area contributed by atoms with Crippen molar-refractivity contribution in [2.45, 2.75) is 44.2 Å². The van der Waals surface area contributed by atoms with Gasteiger partial charge in [-0.3, -0.25) is 14.7 Å². The SMILES string of the molecule is CN(C(=O)[C@@H]1CCc2ccccc21)C1CCN(Cc2ccncc2)CC1. The number of hydrogen-bond donors (Lipinski definition) is 0. The molecular formula is C22H27N3O. The number of nitrogens with zero attached hydrogens (tertiary/aromatic N) is 3. The minimum absolute atomic E-state index is 0.0612. The first-order valence-electron chi connectivity index (χ1n) is 9.68. The van der Waals surface area contributed by atoms with Crippen LogP contribution in [0.15, 0.2) is 48.8 Å². The van der Waals surface area contributed by atoms with Crippen LogP contribution in [-0.2, 0) is 17.8 Å². The lowest BCUT2D eigenvalue weighted by molar-refractivity contribution is -0.134. The summed E-state index contributed by atoms with van der Waals surface area (Å²) in [7, 11) is 2.01. The van der Waals surface area contributed by atoms with Gasteiger partial charge in [-0.2, -0.15) is 0 Å². The van der Waals surface area contributed by atoms with Gasteiger partial charge in [-0.15, -0.1) is 0 Å². The van der Waals surface area contributed by atoms with Crippen molar-refractivity contribution in [3.05, 3.63) is 65.5 Å². The Balaban J connectivity index is 1.34. The minimum Gasteiger partial charge on any atom is -0.342 e. The number of pyridine rings is 1. The van der Waals surface area contributed by atoms with Crippen LogP contribution in [-0.4, -0.2) is 46.9 Å². The van der Waals surface area contributed by atoms with Crippen LogP contribution in [0.5, 0.6) is 0 Å². The molecule has 1 saturated heterocycles. The van der Waals surface area contributed by atoms with Crippen LogP contribution < -0.4 is 0 Å². The van der Waals surface area contributed by atoms with Crippen LogP contribution in [0.3, 0.4) is 0 Å². The van der Waals surface area contributed by atoms with Gasteiger partial charge in [0.25, 0.3) is 0 Å². The summed E-state index contributed by atoms with van der Waals surface area (Å²) in [6, 6.07) is 13.0. The Morgan fingerprint density at radius 2 is 1.85 bits per heavy atom. The molecule has 2 aliphatic rings. The fourth-order valence-electron chi connectivity index (χ4n) is 4.45. The molecule has 1 aromatic heterocycles. The lowest BCUT2D eigenvalue weighted by Gasteiger charge is -2.37. The molecule has 4 heteroatoms. The Labute approximate surface area is 155 Å². The summed E-state index contributed by atoms with van der Waals surface area (Å²) in [6.45, 7) is 3.07. The maximum Gasteiger partial charge on any atom is 0.230 e. The van der Waals surface area contributed by atoms with Gasteiger partial charge in [0, 0.05) is 45.1 Å². The van der Waals surface area contributed by atoms with Gasteiger partial charge in [-0.25, -0.2) is 0 Å². The molecule has 1 aliphatic heterocycles. The molecule has 1 amide bonds. The first-order valence-corrected chi connectivity index (χ1v) is 9.68. The quantitative estimate of drug-likeness (QED) is 0.850. The second-order valence-electron chi connectivity index (χ2n) is 7.60. The van der Waals surface area contributed by atoms with E-state index in [0.29, 0.717) is 11.9 Å². The van der Waals surface area contributed by atoms with Crippen LogP contribution in [0.1, 0.15) is 41.9 Å². The summed E-state index contributed by atoms with van der Waals surface area (Å²) >= 11 is 0. The van der Waals surface area contributed by atoms with E-state index in [4.69, 9.17) is 0 Å². The number of carbonyl (C=O) groups is 1. The van der Waals surface area contributed by atoms with Crippen LogP contribution in [0.2, 0.25) is 0 Å². The number of likely N-dealkylation sites (tertiary alicyclic amines) is 1. The molecule has 1 aliphatic carbocycles. The molecule has 0 unspecified atom stereocenters. The smallest absolute Gasteiger partial charge is 0.230 e. The highest BCUT2D eigenvalue weighted by molar-refractivity contribution is 5.85. The Morgan fingerprint density at radius 1 is 1.12 bits per heavy atom. The van der Waals surface area contributed by atoms with Crippen molar-refractivity contribution >= 4 is 5.91 Å². The van der Waals surface area contributed by atoms with Gasteiger partial charge in [0.15, 0.2) is 0 Å². The van der Waals surface area contributed by atoms with E-state index in [0.717, 1.165) is 45.3 Å². The van der Waals surface area contributed by atoms with Crippen LogP contribution in [0, 0.1) is 0 Å². The number of aryl methyl sites for hydroxylation is 1. The first kappa shape index (κ1) is 17.2. The summed E-state index contributed by atoms with van der Waals surface area (Å²) in [5.74, 6) is 0.369. The van der Waals surface area contributed by atoms with Gasteiger partial charge in [0.2, 0.25) is 5.91 Å². The number of fused-ring (bicyclic) bond motifs is 1. The van der Waals surface area contributed by atoms with Crippen molar-refractivity contribution in [3.63, 3.8) is 0 Å². The second kappa shape index (κ2) is 7.58. The molecule has 4 rings (SSSR count). The van der Waals surface area contributed by atoms with Gasteiger partial charge in [-0.1, -0.05) is 24.3 Å². The number of benzene rings is 1. The maximum atomic E-state index is 13.1. The molecule has 2 heterocycles. The van der Waals surface area contributed by atoms with E-state index in [-0.39, 0.29) is 5.92 Å². The Morgan fingerprint density at radius 3 is 2.62 bits per heavy atom. The maximum absolute atomic E-state index is 13.1. The largest absolute Gasteiger partial charge is 0.342 e. The van der Waals surface area contributed by atoms with E-state index in [1.807, 2.05) is 24.3 Å². The van der Waals surface area contributed by atoms with Gasteiger partial charge in [0.05, 0.1) is 5.92 Å². The topological polar surface area (TPSA) is 36.4 Å². The molecule has 0 spiro atoms. The van der Waals surface area contributed by atoms with Crippen LogP contribution in [0.4, 0.5) is 0 Å². The Hall–Kier alpha value is -2.20. The highest BCUT2D eigenvalue weighted by Gasteiger charge is 2.33. The number of amides is 1. The standard InChI is InChI=1S/C22H27N3O/c1-24(22(26)21-7-6-18-4-2-3-5-20(18)21)19-10-14-25(15-11-19)16-17-8-12-23-13-9-17/h2-5,8-9,12-13,19,21H,6-7,10-11,14-16H2,1H3/t21-/m1/s1. The van der Waals surface area contributed by atoms with E-state index in [9.17, 15) is 4.79 Å². The third kappa shape index (κ3) is 3.51. The van der Waals surface area contributed by atoms with Crippen molar-refractivity contribution in [1.29, 1.82) is 0 Å². The molecule has 1 fully saturated rings. The molecule has 0 N–H and O–H groups in total. The van der Waals surface area contributed by atoms with Crippen molar-refractivity contribution < 1.29 is 4.79 Å². The van der Waals surface area contributed by atoms with Crippen molar-refractivity contribution in [1.82, 2.24) is 14.8 Å². The summed E-state index contributed by atoms with van der Waals surface area (Å²) in [5.41, 5.74) is 3.91. The average molecular weight is 349 g/mol. The Bertz CT molecular complexity index is 753. The molecular weight excluding hydrogens is 322 g/mol. The summed E-state index contributed by atoms with van der Waals surface area (Å²) < 4.78 is 0. The lowest BCUT2D eigenvalue weighted by Crippen LogP contribution is -2.46. The summed E-state index contributed by atoms with van der Waals surface area (Å²) in [6.07, 6.45) is 7.82. The fourth-order valence-corrected chi connectivity index (χ4v) is 4.45. The molecule has 4 nitrogen and oxygen atoms in total. The number of piperidine rings is 1. The van der Waals surface area contributed by atoms with Crippen molar-refractivity contribution in [2.75, 3.05) is 20.1 Å². The normalized spacial score (nSPS) is 20.7. The summed E-state index contributed by atoms with van der Waals surface area (Å²) in [5, 5.41) is 0. The molecule has 0 radical (unpaired) electrons. The predicted molar refractivity (Wildman–Crippen MR) is 103 cm³/mol. The van der Waals surface area contributed by atoms with E-state index in [1.165, 1.54) is 16.7 Å². The van der Waals surface area contributed by atoms with E-state index < -0.39 is 0 Å². The monoisotopic (exact) mass is 349 g/mol. The lowest BCUT2D eigenvalue weighted by atomic mass is 9.97. The third-order valence-electron chi connectivity index (χ3n) is 6.04. The van der Waals surface area contributed by atoms with Crippen molar-refractivity contribution in [3.8, 4) is 0 Å². The fraction of sp³-hybridized carbons (Fsp3) is 0.455. The number of likely N-dealkylation sites (N-methyl/N-ethyl adjacent to an activating group) is 1. The molecule has 26 heavy (non-hydrogen) atoms. The molecule has 1 atom stereocenters. The molecule has 0 saturated carbocycles. The minimum atomic E-state index is 0.0612. The van der Waals surface area contributed by atoms with Gasteiger partial charge in [0.1, 0.15) is 0 Å². The Kier molecular flexibility index (Phi) is 5.02. The average Bonchev–Trinajstić information content (AvgIpc) is 3.12. The highest BCUT2D eigenvalue weighted by atomic mass is 16.2. The molecule has 0 bridgehead atoms. The van der Waals surface area contributed by atoms with Gasteiger partial charge < -0.3 is 4.90 Å². The van der Waals surface area contributed by atoms with Crippen LogP contribution in [0.25, 0.3) is 0 Å². The zero-order chi connectivity index (χ0) is 17.9. The van der Waals surface area contributed by atoms with Crippen LogP contribution >= 0.6 is 0 Å².